The monoisotopic (exact) mass is 798 g/mol. The number of benzene rings is 2. The number of piperidine rings is 1. The number of amides is 5. The minimum absolute atomic E-state index is 0.0507. The smallest absolute Gasteiger partial charge is 0.328 e. The van der Waals surface area contributed by atoms with Crippen LogP contribution in [0.5, 0.6) is 5.75 Å². The van der Waals surface area contributed by atoms with E-state index in [1.54, 1.807) is 41.1 Å². The Morgan fingerprint density at radius 1 is 0.982 bits per heavy atom. The molecule has 0 aliphatic carbocycles. The van der Waals surface area contributed by atoms with Gasteiger partial charge in [-0.1, -0.05) is 17.7 Å². The van der Waals surface area contributed by atoms with E-state index in [1.165, 1.54) is 11.9 Å². The molecule has 17 heteroatoms. The highest BCUT2D eigenvalue weighted by atomic mass is 35.5. The van der Waals surface area contributed by atoms with Crippen LogP contribution in [0.4, 0.5) is 27.9 Å². The number of fused-ring (bicyclic) bond motifs is 1. The van der Waals surface area contributed by atoms with Crippen molar-refractivity contribution in [2.45, 2.75) is 39.2 Å². The zero-order valence-electron chi connectivity index (χ0n) is 32.3. The average molecular weight is 799 g/mol. The summed E-state index contributed by atoms with van der Waals surface area (Å²) >= 11 is 6.58. The van der Waals surface area contributed by atoms with E-state index in [0.29, 0.717) is 52.7 Å². The highest BCUT2D eigenvalue weighted by molar-refractivity contribution is 6.33. The van der Waals surface area contributed by atoms with Gasteiger partial charge in [0.25, 0.3) is 17.4 Å². The molecule has 5 amide bonds. The second-order valence-corrected chi connectivity index (χ2v) is 15.2. The number of ether oxygens (including phenoxy) is 1. The maximum absolute atomic E-state index is 13.4. The summed E-state index contributed by atoms with van der Waals surface area (Å²) in [6.45, 7) is 9.34. The molecule has 57 heavy (non-hydrogen) atoms. The third kappa shape index (κ3) is 8.97. The summed E-state index contributed by atoms with van der Waals surface area (Å²) in [5, 5.41) is 9.26. The van der Waals surface area contributed by atoms with E-state index in [0.717, 1.165) is 56.5 Å². The number of urea groups is 1. The molecule has 7 rings (SSSR count). The lowest BCUT2D eigenvalue weighted by Gasteiger charge is -2.39. The van der Waals surface area contributed by atoms with Crippen LogP contribution in [0.15, 0.2) is 59.5 Å². The Balaban J connectivity index is 0.928. The van der Waals surface area contributed by atoms with Gasteiger partial charge in [0.1, 0.15) is 5.02 Å². The third-order valence-electron chi connectivity index (χ3n) is 10.7. The van der Waals surface area contributed by atoms with Crippen LogP contribution in [0.25, 0.3) is 10.9 Å². The summed E-state index contributed by atoms with van der Waals surface area (Å²) in [6, 6.07) is 13.7. The first-order chi connectivity index (χ1) is 27.5. The molecule has 0 radical (unpaired) electrons. The van der Waals surface area contributed by atoms with Crippen molar-refractivity contribution in [2.24, 2.45) is 5.92 Å². The maximum Gasteiger partial charge on any atom is 0.328 e. The number of rotatable bonds is 11. The topological polar surface area (TPSA) is 174 Å². The van der Waals surface area contributed by atoms with Gasteiger partial charge in [0.2, 0.25) is 11.9 Å². The van der Waals surface area contributed by atoms with Crippen LogP contribution in [0.1, 0.15) is 49.5 Å². The first-order valence-corrected chi connectivity index (χ1v) is 19.7. The van der Waals surface area contributed by atoms with Gasteiger partial charge in [0, 0.05) is 94.2 Å². The Bertz CT molecular complexity index is 2230. The first kappa shape index (κ1) is 39.5. The summed E-state index contributed by atoms with van der Waals surface area (Å²) in [5.41, 5.74) is 2.26. The molecule has 4 aromatic rings. The number of carbonyl (C=O) groups is 4. The summed E-state index contributed by atoms with van der Waals surface area (Å²) in [4.78, 5) is 79.7. The van der Waals surface area contributed by atoms with Gasteiger partial charge in [0.05, 0.1) is 11.7 Å². The van der Waals surface area contributed by atoms with Crippen LogP contribution < -0.4 is 36.0 Å². The fourth-order valence-corrected chi connectivity index (χ4v) is 7.72. The average Bonchev–Trinajstić information content (AvgIpc) is 3.21. The summed E-state index contributed by atoms with van der Waals surface area (Å²) in [6.07, 6.45) is 3.64. The number of anilines is 4. The molecule has 3 aliphatic heterocycles. The number of aromatic nitrogens is 3. The van der Waals surface area contributed by atoms with Crippen LogP contribution in [-0.4, -0.2) is 114 Å². The predicted molar refractivity (Wildman–Crippen MR) is 218 cm³/mol. The Morgan fingerprint density at radius 3 is 2.47 bits per heavy atom. The van der Waals surface area contributed by atoms with E-state index in [2.05, 4.69) is 30.7 Å². The molecule has 0 bridgehead atoms. The minimum Gasteiger partial charge on any atom is -0.478 e. The highest BCUT2D eigenvalue weighted by Crippen LogP contribution is 2.30. The lowest BCUT2D eigenvalue weighted by molar-refractivity contribution is -0.122. The van der Waals surface area contributed by atoms with Crippen molar-refractivity contribution in [1.82, 2.24) is 35.0 Å². The number of imide groups is 1. The van der Waals surface area contributed by atoms with Gasteiger partial charge in [-0.25, -0.2) is 9.78 Å². The summed E-state index contributed by atoms with van der Waals surface area (Å²) in [5.74, 6) is 0.909. The van der Waals surface area contributed by atoms with Gasteiger partial charge >= 0.3 is 6.03 Å². The lowest BCUT2D eigenvalue weighted by Crippen LogP contribution is -2.50. The number of likely N-dealkylation sites (N-methyl/N-ethyl adjacent to an activating group) is 1. The molecule has 0 spiro atoms. The highest BCUT2D eigenvalue weighted by Gasteiger charge is 2.29. The van der Waals surface area contributed by atoms with Gasteiger partial charge in [-0.15, -0.1) is 0 Å². The second kappa shape index (κ2) is 17.2. The summed E-state index contributed by atoms with van der Waals surface area (Å²) in [7, 11) is 1.51. The molecule has 3 saturated heterocycles. The Hall–Kier alpha value is -5.74. The molecular formula is C40H47ClN10O6. The van der Waals surface area contributed by atoms with Gasteiger partial charge in [-0.3, -0.25) is 34.3 Å². The van der Waals surface area contributed by atoms with Gasteiger partial charge in [-0.2, -0.15) is 4.98 Å². The molecule has 2 aromatic carbocycles. The maximum atomic E-state index is 13.4. The fraction of sp³-hybridized carbons (Fsp3) is 0.425. The van der Waals surface area contributed by atoms with Crippen molar-refractivity contribution in [3.63, 3.8) is 0 Å². The van der Waals surface area contributed by atoms with E-state index >= 15 is 0 Å². The van der Waals surface area contributed by atoms with Gasteiger partial charge in [0.15, 0.2) is 18.2 Å². The van der Waals surface area contributed by atoms with Crippen LogP contribution in [0.3, 0.4) is 0 Å². The molecule has 0 saturated carbocycles. The number of nitrogens with one attached hydrogen (secondary N) is 3. The quantitative estimate of drug-likeness (QED) is 0.200. The molecular weight excluding hydrogens is 752 g/mol. The van der Waals surface area contributed by atoms with Crippen molar-refractivity contribution in [1.29, 1.82) is 0 Å². The van der Waals surface area contributed by atoms with E-state index in [1.807, 2.05) is 36.9 Å². The Morgan fingerprint density at radius 2 is 1.75 bits per heavy atom. The SMILES string of the molecule is CNC(=O)COc1cc2cc(Nc3nc(N4CCN(CC5CCN(C(=O)c6cccc(N7CCC(=O)NC7=O)c6)CC5)CC4)ncc3Cl)ccc2n(C(C)C)c1=O. The molecule has 300 valence electrons. The minimum atomic E-state index is -0.470. The van der Waals surface area contributed by atoms with E-state index in [4.69, 9.17) is 21.3 Å². The number of carbonyl (C=O) groups excluding carboxylic acids is 4. The number of halogens is 1. The van der Waals surface area contributed by atoms with E-state index in [9.17, 15) is 24.0 Å². The number of piperazine rings is 1. The van der Waals surface area contributed by atoms with E-state index < -0.39 is 6.03 Å². The lowest BCUT2D eigenvalue weighted by atomic mass is 9.95. The van der Waals surface area contributed by atoms with Crippen LogP contribution in [0, 0.1) is 5.92 Å². The number of nitrogens with zero attached hydrogens (tertiary/aromatic N) is 7. The Labute approximate surface area is 335 Å². The van der Waals surface area contributed by atoms with Crippen molar-refractivity contribution in [3.8, 4) is 5.75 Å². The molecule has 3 fully saturated rings. The van der Waals surface area contributed by atoms with Crippen molar-refractivity contribution < 1.29 is 23.9 Å². The molecule has 5 heterocycles. The number of hydrogen-bond acceptors (Lipinski definition) is 11. The zero-order valence-corrected chi connectivity index (χ0v) is 33.1. The van der Waals surface area contributed by atoms with Gasteiger partial charge < -0.3 is 29.7 Å². The van der Waals surface area contributed by atoms with Crippen LogP contribution >= 0.6 is 11.6 Å². The normalized spacial score (nSPS) is 16.9. The Kier molecular flexibility index (Phi) is 11.9. The van der Waals surface area contributed by atoms with Gasteiger partial charge in [-0.05, 0) is 75.1 Å². The largest absolute Gasteiger partial charge is 0.478 e. The number of likely N-dealkylation sites (tertiary alicyclic amines) is 1. The number of pyridine rings is 1. The van der Waals surface area contributed by atoms with Crippen LogP contribution in [0.2, 0.25) is 5.02 Å². The molecule has 0 unspecified atom stereocenters. The molecule has 3 N–H and O–H groups in total. The zero-order chi connectivity index (χ0) is 40.2. The number of hydrogen-bond donors (Lipinski definition) is 3. The van der Waals surface area contributed by atoms with Crippen molar-refractivity contribution in [3.05, 3.63) is 75.7 Å². The predicted octanol–water partition coefficient (Wildman–Crippen LogP) is 4.01. The standard InChI is InChI=1S/C40H47ClN10O6/c1-25(2)51-32-8-7-29(19-28(32)21-33(38(51)55)57-24-35(53)42-3)44-36-31(41)22-43-39(46-36)49-17-15-47(16-18-49)23-26-9-12-48(13-10-26)37(54)27-5-4-6-30(20-27)50-14-11-34(52)45-40(50)56/h4-8,19-22,25-26H,9-18,23-24H2,1-3H3,(H,42,53)(H,43,44,46)(H,45,52,56). The first-order valence-electron chi connectivity index (χ1n) is 19.3. The van der Waals surface area contributed by atoms with Crippen molar-refractivity contribution in [2.75, 3.05) is 81.1 Å². The molecule has 16 nitrogen and oxygen atoms in total. The second-order valence-electron chi connectivity index (χ2n) is 14.8. The molecule has 0 atom stereocenters. The van der Waals surface area contributed by atoms with E-state index in [-0.39, 0.29) is 54.6 Å². The molecule has 2 aromatic heterocycles. The third-order valence-corrected chi connectivity index (χ3v) is 11.0. The van der Waals surface area contributed by atoms with Crippen LogP contribution in [-0.2, 0) is 9.59 Å². The molecule has 3 aliphatic rings. The fourth-order valence-electron chi connectivity index (χ4n) is 7.58. The summed E-state index contributed by atoms with van der Waals surface area (Å²) < 4.78 is 7.25. The van der Waals surface area contributed by atoms with Crippen molar-refractivity contribution >= 4 is 69.4 Å².